The lowest BCUT2D eigenvalue weighted by Gasteiger charge is -2.15. The van der Waals surface area contributed by atoms with Crippen LogP contribution < -0.4 is 0 Å². The third-order valence-electron chi connectivity index (χ3n) is 2.04. The summed E-state index contributed by atoms with van der Waals surface area (Å²) in [5.41, 5.74) is 1.66. The molecular formula is C10H19NO2. The van der Waals surface area contributed by atoms with Crippen LogP contribution in [0.4, 0.5) is 0 Å². The van der Waals surface area contributed by atoms with E-state index >= 15 is 0 Å². The van der Waals surface area contributed by atoms with E-state index in [0.717, 1.165) is 11.3 Å². The molecule has 0 amide bonds. The molecule has 0 aromatic rings. The van der Waals surface area contributed by atoms with Crippen molar-refractivity contribution in [3.8, 4) is 0 Å². The molecule has 0 bridgehead atoms. The van der Waals surface area contributed by atoms with Crippen LogP contribution in [0.25, 0.3) is 0 Å². The molecule has 0 saturated carbocycles. The van der Waals surface area contributed by atoms with Crippen LogP contribution in [0.1, 0.15) is 27.7 Å². The van der Waals surface area contributed by atoms with E-state index in [1.165, 1.54) is 0 Å². The fourth-order valence-electron chi connectivity index (χ4n) is 0.992. The lowest BCUT2D eigenvalue weighted by atomic mass is 10.1. The SMILES string of the molecule is C/C=N\C(=C(C)[C@H](C)O)[C@H](C)OC. The van der Waals surface area contributed by atoms with E-state index in [0.29, 0.717) is 0 Å². The fraction of sp³-hybridized carbons (Fsp3) is 0.700. The van der Waals surface area contributed by atoms with Crippen molar-refractivity contribution in [2.75, 3.05) is 7.11 Å². The van der Waals surface area contributed by atoms with E-state index < -0.39 is 6.10 Å². The molecule has 3 heteroatoms. The first-order valence-electron chi connectivity index (χ1n) is 4.44. The number of hydrogen-bond acceptors (Lipinski definition) is 3. The zero-order valence-corrected chi connectivity index (χ0v) is 9.03. The molecule has 0 aliphatic rings. The highest BCUT2D eigenvalue weighted by atomic mass is 16.5. The lowest BCUT2D eigenvalue weighted by molar-refractivity contribution is 0.141. The number of ether oxygens (including phenoxy) is 1. The van der Waals surface area contributed by atoms with Crippen LogP contribution in [-0.2, 0) is 4.74 Å². The van der Waals surface area contributed by atoms with Crippen molar-refractivity contribution in [3.05, 3.63) is 11.3 Å². The van der Waals surface area contributed by atoms with Gasteiger partial charge < -0.3 is 9.84 Å². The molecule has 0 aromatic heterocycles. The predicted molar refractivity (Wildman–Crippen MR) is 55.0 cm³/mol. The number of aliphatic hydroxyl groups is 1. The number of rotatable bonds is 4. The van der Waals surface area contributed by atoms with Gasteiger partial charge in [-0.1, -0.05) is 0 Å². The van der Waals surface area contributed by atoms with Gasteiger partial charge in [0, 0.05) is 13.3 Å². The molecule has 0 spiro atoms. The van der Waals surface area contributed by atoms with Gasteiger partial charge >= 0.3 is 0 Å². The first-order valence-corrected chi connectivity index (χ1v) is 4.44. The van der Waals surface area contributed by atoms with Crippen LogP contribution in [0, 0.1) is 0 Å². The molecule has 0 radical (unpaired) electrons. The van der Waals surface area contributed by atoms with Crippen molar-refractivity contribution in [1.29, 1.82) is 0 Å². The molecule has 13 heavy (non-hydrogen) atoms. The van der Waals surface area contributed by atoms with Crippen molar-refractivity contribution in [1.82, 2.24) is 0 Å². The molecule has 0 saturated heterocycles. The van der Waals surface area contributed by atoms with Gasteiger partial charge in [-0.3, -0.25) is 4.99 Å². The second-order valence-electron chi connectivity index (χ2n) is 3.01. The standard InChI is InChI=1S/C10H19NO2/c1-6-11-10(9(4)13-5)7(2)8(3)12/h6,8-9,12H,1-5H3/b10-7?,11-6-/t8-,9-/m0/s1. The Morgan fingerprint density at radius 3 is 2.31 bits per heavy atom. The van der Waals surface area contributed by atoms with Crippen molar-refractivity contribution in [3.63, 3.8) is 0 Å². The molecule has 76 valence electrons. The largest absolute Gasteiger partial charge is 0.389 e. The van der Waals surface area contributed by atoms with Gasteiger partial charge in [-0.25, -0.2) is 0 Å². The Hall–Kier alpha value is -0.670. The minimum absolute atomic E-state index is 0.0780. The summed E-state index contributed by atoms with van der Waals surface area (Å²) < 4.78 is 5.15. The van der Waals surface area contributed by atoms with E-state index in [-0.39, 0.29) is 6.10 Å². The van der Waals surface area contributed by atoms with Gasteiger partial charge in [0.05, 0.1) is 17.9 Å². The minimum atomic E-state index is -0.476. The summed E-state index contributed by atoms with van der Waals surface area (Å²) in [5, 5.41) is 9.38. The number of methoxy groups -OCH3 is 1. The van der Waals surface area contributed by atoms with Gasteiger partial charge in [-0.2, -0.15) is 0 Å². The van der Waals surface area contributed by atoms with Crippen LogP contribution in [0.2, 0.25) is 0 Å². The van der Waals surface area contributed by atoms with Crippen molar-refractivity contribution >= 4 is 6.21 Å². The second-order valence-corrected chi connectivity index (χ2v) is 3.01. The number of hydrogen-bond donors (Lipinski definition) is 1. The number of nitrogens with zero attached hydrogens (tertiary/aromatic N) is 1. The van der Waals surface area contributed by atoms with E-state index in [2.05, 4.69) is 4.99 Å². The molecule has 2 atom stereocenters. The van der Waals surface area contributed by atoms with Crippen LogP contribution in [0.5, 0.6) is 0 Å². The van der Waals surface area contributed by atoms with Crippen molar-refractivity contribution < 1.29 is 9.84 Å². The van der Waals surface area contributed by atoms with E-state index in [1.54, 1.807) is 20.2 Å². The highest BCUT2D eigenvalue weighted by Crippen LogP contribution is 2.15. The average Bonchev–Trinajstić information content (AvgIpc) is 2.11. The molecule has 0 unspecified atom stereocenters. The van der Waals surface area contributed by atoms with Gasteiger partial charge in [0.25, 0.3) is 0 Å². The Labute approximate surface area is 80.1 Å². The molecule has 3 nitrogen and oxygen atoms in total. The van der Waals surface area contributed by atoms with Gasteiger partial charge in [0.1, 0.15) is 0 Å². The van der Waals surface area contributed by atoms with Crippen LogP contribution in [0.3, 0.4) is 0 Å². The van der Waals surface area contributed by atoms with Gasteiger partial charge in [-0.05, 0) is 33.3 Å². The molecule has 0 heterocycles. The summed E-state index contributed by atoms with van der Waals surface area (Å²) in [5.74, 6) is 0. The molecule has 0 rings (SSSR count). The Balaban J connectivity index is 4.87. The van der Waals surface area contributed by atoms with Gasteiger partial charge in [0.15, 0.2) is 0 Å². The highest BCUT2D eigenvalue weighted by Gasteiger charge is 2.12. The Morgan fingerprint density at radius 1 is 1.46 bits per heavy atom. The first kappa shape index (κ1) is 12.3. The van der Waals surface area contributed by atoms with E-state index in [4.69, 9.17) is 4.74 Å². The zero-order chi connectivity index (χ0) is 10.4. The number of aliphatic hydroxyl groups excluding tert-OH is 1. The monoisotopic (exact) mass is 185 g/mol. The molecule has 0 aliphatic carbocycles. The van der Waals surface area contributed by atoms with E-state index in [1.807, 2.05) is 20.8 Å². The first-order chi connectivity index (χ1) is 6.04. The number of aliphatic imine (C=N–C) groups is 1. The quantitative estimate of drug-likeness (QED) is 0.678. The summed E-state index contributed by atoms with van der Waals surface area (Å²) in [6, 6.07) is 0. The molecular weight excluding hydrogens is 166 g/mol. The Bertz CT molecular complexity index is 207. The molecule has 1 N–H and O–H groups in total. The third kappa shape index (κ3) is 3.70. The fourth-order valence-corrected chi connectivity index (χ4v) is 0.992. The van der Waals surface area contributed by atoms with E-state index in [9.17, 15) is 5.11 Å². The maximum Gasteiger partial charge on any atom is 0.0963 e. The lowest BCUT2D eigenvalue weighted by Crippen LogP contribution is -2.14. The van der Waals surface area contributed by atoms with Crippen molar-refractivity contribution in [2.45, 2.75) is 39.9 Å². The minimum Gasteiger partial charge on any atom is -0.389 e. The molecule has 0 aliphatic heterocycles. The maximum absolute atomic E-state index is 9.38. The predicted octanol–water partition coefficient (Wildman–Crippen LogP) is 1.77. The maximum atomic E-state index is 9.38. The second kappa shape index (κ2) is 5.89. The molecule has 0 fully saturated rings. The summed E-state index contributed by atoms with van der Waals surface area (Å²) in [6.45, 7) is 7.34. The highest BCUT2D eigenvalue weighted by molar-refractivity contribution is 5.55. The summed E-state index contributed by atoms with van der Waals surface area (Å²) >= 11 is 0. The smallest absolute Gasteiger partial charge is 0.0963 e. The summed E-state index contributed by atoms with van der Waals surface area (Å²) in [4.78, 5) is 4.19. The van der Waals surface area contributed by atoms with Crippen LogP contribution in [-0.4, -0.2) is 30.6 Å². The van der Waals surface area contributed by atoms with Crippen LogP contribution >= 0.6 is 0 Å². The van der Waals surface area contributed by atoms with Crippen LogP contribution in [0.15, 0.2) is 16.3 Å². The normalized spacial score (nSPS) is 18.6. The van der Waals surface area contributed by atoms with Gasteiger partial charge in [-0.15, -0.1) is 0 Å². The van der Waals surface area contributed by atoms with Gasteiger partial charge in [0.2, 0.25) is 0 Å². The van der Waals surface area contributed by atoms with Crippen molar-refractivity contribution in [2.24, 2.45) is 4.99 Å². The zero-order valence-electron chi connectivity index (χ0n) is 9.03. The summed E-state index contributed by atoms with van der Waals surface area (Å²) in [7, 11) is 1.63. The molecule has 0 aromatic carbocycles. The average molecular weight is 185 g/mol. The third-order valence-corrected chi connectivity index (χ3v) is 2.04. The topological polar surface area (TPSA) is 41.8 Å². The Morgan fingerprint density at radius 2 is 2.00 bits per heavy atom. The Kier molecular flexibility index (Phi) is 5.58. The summed E-state index contributed by atoms with van der Waals surface area (Å²) in [6.07, 6.45) is 1.15.